The number of anilines is 2. The van der Waals surface area contributed by atoms with Crippen LogP contribution in [-0.2, 0) is 11.3 Å². The van der Waals surface area contributed by atoms with Crippen molar-refractivity contribution in [3.05, 3.63) is 54.1 Å². The lowest BCUT2D eigenvalue weighted by Gasteiger charge is -2.11. The summed E-state index contributed by atoms with van der Waals surface area (Å²) in [5, 5.41) is 6.85. The summed E-state index contributed by atoms with van der Waals surface area (Å²) in [5.74, 6) is 1.59. The molecule has 0 bridgehead atoms. The Morgan fingerprint density at radius 2 is 1.83 bits per heavy atom. The second kappa shape index (κ2) is 6.95. The summed E-state index contributed by atoms with van der Waals surface area (Å²) in [5.41, 5.74) is 1.87. The highest BCUT2D eigenvalue weighted by molar-refractivity contribution is 5.93. The Balaban J connectivity index is 1.87. The van der Waals surface area contributed by atoms with Crippen LogP contribution < -0.4 is 15.4 Å². The van der Waals surface area contributed by atoms with Crippen LogP contribution in [0.4, 0.5) is 11.8 Å². The maximum Gasteiger partial charge on any atom is 0.231 e. The van der Waals surface area contributed by atoms with Crippen molar-refractivity contribution in [1.29, 1.82) is 0 Å². The predicted octanol–water partition coefficient (Wildman–Crippen LogP) is 3.21. The fraction of sp³-hybridized carbons (Fsp3) is 0.167. The van der Waals surface area contributed by atoms with Gasteiger partial charge in [-0.25, -0.2) is 4.98 Å². The van der Waals surface area contributed by atoms with E-state index in [4.69, 9.17) is 4.74 Å². The minimum atomic E-state index is -0.202. The second-order valence-corrected chi connectivity index (χ2v) is 5.30. The zero-order valence-corrected chi connectivity index (χ0v) is 13.5. The highest BCUT2D eigenvalue weighted by Gasteiger charge is 2.08. The maximum absolute atomic E-state index is 11.3. The quantitative estimate of drug-likeness (QED) is 0.754. The number of carbonyl (C=O) groups is 1. The molecule has 24 heavy (non-hydrogen) atoms. The van der Waals surface area contributed by atoms with Crippen LogP contribution >= 0.6 is 0 Å². The number of para-hydroxylation sites is 1. The van der Waals surface area contributed by atoms with Crippen molar-refractivity contribution >= 4 is 28.6 Å². The lowest BCUT2D eigenvalue weighted by molar-refractivity contribution is -0.114. The Hall–Kier alpha value is -3.15. The molecule has 0 radical (unpaired) electrons. The van der Waals surface area contributed by atoms with E-state index in [1.807, 2.05) is 48.5 Å². The SMILES string of the molecule is COc1ccc(CNc2nc(NC(C)=O)nc3ccccc23)cc1. The lowest BCUT2D eigenvalue weighted by Crippen LogP contribution is -2.11. The van der Waals surface area contributed by atoms with E-state index in [1.54, 1.807) is 7.11 Å². The van der Waals surface area contributed by atoms with Gasteiger partial charge in [0.1, 0.15) is 11.6 Å². The van der Waals surface area contributed by atoms with Gasteiger partial charge in [-0.2, -0.15) is 4.98 Å². The molecule has 122 valence electrons. The van der Waals surface area contributed by atoms with Gasteiger partial charge in [0.15, 0.2) is 0 Å². The number of rotatable bonds is 5. The van der Waals surface area contributed by atoms with E-state index in [-0.39, 0.29) is 5.91 Å². The molecule has 6 heteroatoms. The third kappa shape index (κ3) is 3.60. The molecule has 0 spiro atoms. The van der Waals surface area contributed by atoms with Gasteiger partial charge in [0.2, 0.25) is 11.9 Å². The topological polar surface area (TPSA) is 76.1 Å². The van der Waals surface area contributed by atoms with Crippen molar-refractivity contribution in [3.63, 3.8) is 0 Å². The van der Waals surface area contributed by atoms with Crippen molar-refractivity contribution < 1.29 is 9.53 Å². The number of carbonyl (C=O) groups excluding carboxylic acids is 1. The number of hydrogen-bond acceptors (Lipinski definition) is 5. The first kappa shape index (κ1) is 15.7. The van der Waals surface area contributed by atoms with Crippen LogP contribution in [0.3, 0.4) is 0 Å². The van der Waals surface area contributed by atoms with E-state index < -0.39 is 0 Å². The molecule has 6 nitrogen and oxygen atoms in total. The predicted molar refractivity (Wildman–Crippen MR) is 94.2 cm³/mol. The highest BCUT2D eigenvalue weighted by Crippen LogP contribution is 2.22. The first-order chi connectivity index (χ1) is 11.7. The summed E-state index contributed by atoms with van der Waals surface area (Å²) in [6, 6.07) is 15.5. The Morgan fingerprint density at radius 1 is 1.08 bits per heavy atom. The maximum atomic E-state index is 11.3. The van der Waals surface area contributed by atoms with Crippen LogP contribution in [0.5, 0.6) is 5.75 Å². The van der Waals surface area contributed by atoms with Gasteiger partial charge >= 0.3 is 0 Å². The Kier molecular flexibility index (Phi) is 4.56. The van der Waals surface area contributed by atoms with Crippen molar-refractivity contribution in [2.24, 2.45) is 0 Å². The van der Waals surface area contributed by atoms with E-state index >= 15 is 0 Å². The Bertz CT molecular complexity index is 863. The van der Waals surface area contributed by atoms with E-state index in [0.29, 0.717) is 18.3 Å². The Labute approximate surface area is 139 Å². The minimum Gasteiger partial charge on any atom is -0.497 e. The molecule has 1 amide bonds. The third-order valence-corrected chi connectivity index (χ3v) is 3.51. The summed E-state index contributed by atoms with van der Waals surface area (Å²) in [7, 11) is 1.64. The number of methoxy groups -OCH3 is 1. The highest BCUT2D eigenvalue weighted by atomic mass is 16.5. The largest absolute Gasteiger partial charge is 0.497 e. The molecule has 0 saturated heterocycles. The monoisotopic (exact) mass is 322 g/mol. The van der Waals surface area contributed by atoms with Gasteiger partial charge in [0, 0.05) is 18.9 Å². The smallest absolute Gasteiger partial charge is 0.231 e. The van der Waals surface area contributed by atoms with Gasteiger partial charge in [-0.15, -0.1) is 0 Å². The summed E-state index contributed by atoms with van der Waals surface area (Å²) in [6.45, 7) is 2.04. The molecule has 3 rings (SSSR count). The van der Waals surface area contributed by atoms with Crippen molar-refractivity contribution in [1.82, 2.24) is 9.97 Å². The summed E-state index contributed by atoms with van der Waals surface area (Å²) >= 11 is 0. The molecule has 0 atom stereocenters. The first-order valence-corrected chi connectivity index (χ1v) is 7.57. The molecule has 1 heterocycles. The number of benzene rings is 2. The number of aromatic nitrogens is 2. The van der Waals surface area contributed by atoms with Crippen molar-refractivity contribution in [3.8, 4) is 5.75 Å². The van der Waals surface area contributed by atoms with E-state index in [0.717, 1.165) is 22.2 Å². The molecule has 0 saturated carbocycles. The molecule has 2 N–H and O–H groups in total. The average Bonchev–Trinajstić information content (AvgIpc) is 2.59. The van der Waals surface area contributed by atoms with Crippen LogP contribution in [-0.4, -0.2) is 23.0 Å². The number of ether oxygens (including phenoxy) is 1. The third-order valence-electron chi connectivity index (χ3n) is 3.51. The zero-order valence-electron chi connectivity index (χ0n) is 13.5. The number of nitrogens with zero attached hydrogens (tertiary/aromatic N) is 2. The standard InChI is InChI=1S/C18H18N4O2/c1-12(23)20-18-21-16-6-4-3-5-15(16)17(22-18)19-11-13-7-9-14(24-2)10-8-13/h3-10H,11H2,1-2H3,(H2,19,20,21,22,23). The van der Waals surface area contributed by atoms with Gasteiger partial charge in [-0.3, -0.25) is 10.1 Å². The average molecular weight is 322 g/mol. The molecular weight excluding hydrogens is 304 g/mol. The molecule has 0 unspecified atom stereocenters. The number of amides is 1. The van der Waals surface area contributed by atoms with Crippen LogP contribution in [0.2, 0.25) is 0 Å². The van der Waals surface area contributed by atoms with Gasteiger partial charge in [0.25, 0.3) is 0 Å². The van der Waals surface area contributed by atoms with Gasteiger partial charge in [-0.1, -0.05) is 24.3 Å². The number of hydrogen-bond donors (Lipinski definition) is 2. The molecule has 2 aromatic carbocycles. The molecule has 3 aromatic rings. The fourth-order valence-corrected chi connectivity index (χ4v) is 2.35. The number of nitrogens with one attached hydrogen (secondary N) is 2. The minimum absolute atomic E-state index is 0.202. The Morgan fingerprint density at radius 3 is 2.54 bits per heavy atom. The normalized spacial score (nSPS) is 10.4. The van der Waals surface area contributed by atoms with Crippen molar-refractivity contribution in [2.75, 3.05) is 17.7 Å². The lowest BCUT2D eigenvalue weighted by atomic mass is 10.2. The molecule has 0 aliphatic carbocycles. The first-order valence-electron chi connectivity index (χ1n) is 7.57. The summed E-state index contributed by atoms with van der Waals surface area (Å²) < 4.78 is 5.16. The van der Waals surface area contributed by atoms with Gasteiger partial charge in [-0.05, 0) is 29.8 Å². The number of fused-ring (bicyclic) bond motifs is 1. The van der Waals surface area contributed by atoms with Crippen LogP contribution in [0.15, 0.2) is 48.5 Å². The van der Waals surface area contributed by atoms with E-state index in [9.17, 15) is 4.79 Å². The van der Waals surface area contributed by atoms with E-state index in [1.165, 1.54) is 6.92 Å². The van der Waals surface area contributed by atoms with Crippen LogP contribution in [0.25, 0.3) is 10.9 Å². The van der Waals surface area contributed by atoms with Crippen LogP contribution in [0, 0.1) is 0 Å². The van der Waals surface area contributed by atoms with E-state index in [2.05, 4.69) is 20.6 Å². The molecule has 0 fully saturated rings. The molecule has 1 aromatic heterocycles. The zero-order chi connectivity index (χ0) is 16.9. The van der Waals surface area contributed by atoms with Crippen LogP contribution in [0.1, 0.15) is 12.5 Å². The second-order valence-electron chi connectivity index (χ2n) is 5.30. The van der Waals surface area contributed by atoms with Gasteiger partial charge in [0.05, 0.1) is 12.6 Å². The van der Waals surface area contributed by atoms with Crippen molar-refractivity contribution in [2.45, 2.75) is 13.5 Å². The van der Waals surface area contributed by atoms with Gasteiger partial charge < -0.3 is 10.1 Å². The molecular formula is C18H18N4O2. The summed E-state index contributed by atoms with van der Waals surface area (Å²) in [4.78, 5) is 20.0. The summed E-state index contributed by atoms with van der Waals surface area (Å²) in [6.07, 6.45) is 0. The fourth-order valence-electron chi connectivity index (χ4n) is 2.35. The molecule has 0 aliphatic rings. The molecule has 0 aliphatic heterocycles.